The SMILES string of the molecule is Cc1ccc(Cc2c(C)nn(-c3nc(CC(=O)Nc4cccc(Cl)c4C)cs3)c2C)cc1. The number of aryl methyl sites for hydroxylation is 2. The summed E-state index contributed by atoms with van der Waals surface area (Å²) in [5, 5.41) is 11.0. The zero-order valence-corrected chi connectivity index (χ0v) is 20.1. The van der Waals surface area contributed by atoms with Gasteiger partial charge in [0.2, 0.25) is 11.0 Å². The number of thiazole rings is 1. The molecule has 7 heteroatoms. The van der Waals surface area contributed by atoms with Crippen LogP contribution in [0.3, 0.4) is 0 Å². The molecule has 0 saturated carbocycles. The van der Waals surface area contributed by atoms with Gasteiger partial charge in [-0.25, -0.2) is 9.67 Å². The maximum atomic E-state index is 12.5. The second-order valence-corrected chi connectivity index (χ2v) is 9.23. The van der Waals surface area contributed by atoms with Crippen molar-refractivity contribution in [1.29, 1.82) is 0 Å². The number of nitrogens with zero attached hydrogens (tertiary/aromatic N) is 3. The lowest BCUT2D eigenvalue weighted by Gasteiger charge is -2.08. The van der Waals surface area contributed by atoms with E-state index in [1.165, 1.54) is 28.0 Å². The van der Waals surface area contributed by atoms with Gasteiger partial charge in [0.1, 0.15) is 0 Å². The second kappa shape index (κ2) is 9.27. The van der Waals surface area contributed by atoms with Crippen LogP contribution in [-0.2, 0) is 17.6 Å². The molecule has 0 saturated heterocycles. The number of rotatable bonds is 6. The molecule has 0 radical (unpaired) electrons. The van der Waals surface area contributed by atoms with Gasteiger partial charge in [-0.2, -0.15) is 5.10 Å². The number of carbonyl (C=O) groups excluding carboxylic acids is 1. The first kappa shape index (κ1) is 22.2. The third-order valence-corrected chi connectivity index (χ3v) is 6.82. The van der Waals surface area contributed by atoms with Crippen LogP contribution in [0.4, 0.5) is 5.69 Å². The Morgan fingerprint density at radius 3 is 2.59 bits per heavy atom. The summed E-state index contributed by atoms with van der Waals surface area (Å²) < 4.78 is 1.88. The molecule has 2 aromatic heterocycles. The van der Waals surface area contributed by atoms with Gasteiger partial charge in [0.15, 0.2) is 0 Å². The Bertz CT molecular complexity index is 1270. The van der Waals surface area contributed by atoms with Crippen LogP contribution in [-0.4, -0.2) is 20.7 Å². The van der Waals surface area contributed by atoms with Crippen molar-refractivity contribution in [3.8, 4) is 5.13 Å². The standard InChI is InChI=1S/C25H25ClN4OS/c1-15-8-10-19(11-9-15)12-21-17(3)29-30(18(21)4)25-27-20(14-32-25)13-24(31)28-23-7-5-6-22(26)16(23)2/h5-11,14H,12-13H2,1-4H3,(H,28,31). The zero-order valence-electron chi connectivity index (χ0n) is 18.6. The highest BCUT2D eigenvalue weighted by Gasteiger charge is 2.17. The van der Waals surface area contributed by atoms with Crippen LogP contribution in [0.2, 0.25) is 5.02 Å². The molecule has 5 nitrogen and oxygen atoms in total. The van der Waals surface area contributed by atoms with Crippen molar-refractivity contribution in [2.45, 2.75) is 40.5 Å². The van der Waals surface area contributed by atoms with Crippen molar-refractivity contribution in [3.05, 3.63) is 92.2 Å². The summed E-state index contributed by atoms with van der Waals surface area (Å²) in [5.41, 5.74) is 8.07. The van der Waals surface area contributed by atoms with Crippen LogP contribution in [0.15, 0.2) is 47.8 Å². The fourth-order valence-corrected chi connectivity index (χ4v) is 4.60. The first-order valence-corrected chi connectivity index (χ1v) is 11.7. The van der Waals surface area contributed by atoms with E-state index in [4.69, 9.17) is 16.7 Å². The van der Waals surface area contributed by atoms with Gasteiger partial charge in [-0.3, -0.25) is 4.79 Å². The van der Waals surface area contributed by atoms with Crippen molar-refractivity contribution in [2.75, 3.05) is 5.32 Å². The Morgan fingerprint density at radius 2 is 1.84 bits per heavy atom. The minimum Gasteiger partial charge on any atom is -0.325 e. The van der Waals surface area contributed by atoms with Crippen LogP contribution in [0.25, 0.3) is 5.13 Å². The number of carbonyl (C=O) groups is 1. The minimum atomic E-state index is -0.124. The van der Waals surface area contributed by atoms with Gasteiger partial charge < -0.3 is 5.32 Å². The van der Waals surface area contributed by atoms with Crippen LogP contribution in [0, 0.1) is 27.7 Å². The molecule has 0 aliphatic rings. The molecule has 4 rings (SSSR count). The average Bonchev–Trinajstić information content (AvgIpc) is 3.32. The highest BCUT2D eigenvalue weighted by molar-refractivity contribution is 7.12. The largest absolute Gasteiger partial charge is 0.325 e. The first-order chi connectivity index (χ1) is 15.3. The van der Waals surface area contributed by atoms with Gasteiger partial charge in [-0.15, -0.1) is 11.3 Å². The van der Waals surface area contributed by atoms with E-state index >= 15 is 0 Å². The third kappa shape index (κ3) is 4.76. The summed E-state index contributed by atoms with van der Waals surface area (Å²) in [5.74, 6) is -0.124. The smallest absolute Gasteiger partial charge is 0.230 e. The Kier molecular flexibility index (Phi) is 6.44. The molecule has 0 fully saturated rings. The monoisotopic (exact) mass is 464 g/mol. The highest BCUT2D eigenvalue weighted by Crippen LogP contribution is 2.25. The third-order valence-electron chi connectivity index (χ3n) is 5.55. The Hall–Kier alpha value is -2.96. The Labute approximate surface area is 197 Å². The number of amides is 1. The molecule has 0 aliphatic heterocycles. The van der Waals surface area contributed by atoms with Gasteiger partial charge in [0.05, 0.1) is 17.8 Å². The molecule has 2 aromatic carbocycles. The van der Waals surface area contributed by atoms with Crippen LogP contribution < -0.4 is 5.32 Å². The molecule has 0 spiro atoms. The summed E-state index contributed by atoms with van der Waals surface area (Å²) in [6, 6.07) is 14.1. The summed E-state index contributed by atoms with van der Waals surface area (Å²) >= 11 is 7.63. The maximum Gasteiger partial charge on any atom is 0.230 e. The maximum absolute atomic E-state index is 12.5. The molecule has 32 heavy (non-hydrogen) atoms. The number of nitrogens with one attached hydrogen (secondary N) is 1. The predicted octanol–water partition coefficient (Wildman–Crippen LogP) is 5.99. The van der Waals surface area contributed by atoms with E-state index in [2.05, 4.69) is 48.4 Å². The zero-order chi connectivity index (χ0) is 22.8. The molecule has 1 N–H and O–H groups in total. The molecule has 2 heterocycles. The van der Waals surface area contributed by atoms with Crippen LogP contribution in [0.1, 0.15) is 39.3 Å². The Morgan fingerprint density at radius 1 is 1.09 bits per heavy atom. The Balaban J connectivity index is 1.49. The van der Waals surface area contributed by atoms with Gasteiger partial charge in [-0.05, 0) is 51.0 Å². The lowest BCUT2D eigenvalue weighted by atomic mass is 10.0. The van der Waals surface area contributed by atoms with Gasteiger partial charge >= 0.3 is 0 Å². The first-order valence-electron chi connectivity index (χ1n) is 10.4. The van der Waals surface area contributed by atoms with E-state index in [0.29, 0.717) is 5.02 Å². The summed E-state index contributed by atoms with van der Waals surface area (Å²) in [6.45, 7) is 8.08. The molecular weight excluding hydrogens is 440 g/mol. The van der Waals surface area contributed by atoms with E-state index in [-0.39, 0.29) is 12.3 Å². The van der Waals surface area contributed by atoms with E-state index in [1.54, 1.807) is 6.07 Å². The highest BCUT2D eigenvalue weighted by atomic mass is 35.5. The number of halogens is 1. The quantitative estimate of drug-likeness (QED) is 0.381. The van der Waals surface area contributed by atoms with Crippen molar-refractivity contribution in [1.82, 2.24) is 14.8 Å². The van der Waals surface area contributed by atoms with E-state index in [1.807, 2.05) is 36.0 Å². The summed E-state index contributed by atoms with van der Waals surface area (Å²) in [6.07, 6.45) is 1.02. The fraction of sp³-hybridized carbons (Fsp3) is 0.240. The van der Waals surface area contributed by atoms with Gasteiger partial charge in [0, 0.05) is 33.8 Å². The molecular formula is C25H25ClN4OS. The minimum absolute atomic E-state index is 0.124. The molecule has 1 amide bonds. The number of hydrogen-bond donors (Lipinski definition) is 1. The molecule has 0 bridgehead atoms. The lowest BCUT2D eigenvalue weighted by Crippen LogP contribution is -2.15. The average molecular weight is 465 g/mol. The van der Waals surface area contributed by atoms with Gasteiger partial charge in [-0.1, -0.05) is 47.5 Å². The van der Waals surface area contributed by atoms with E-state index in [9.17, 15) is 4.79 Å². The lowest BCUT2D eigenvalue weighted by molar-refractivity contribution is -0.115. The molecule has 0 atom stereocenters. The number of anilines is 1. The van der Waals surface area contributed by atoms with Crippen molar-refractivity contribution in [2.24, 2.45) is 0 Å². The van der Waals surface area contributed by atoms with E-state index < -0.39 is 0 Å². The molecule has 4 aromatic rings. The van der Waals surface area contributed by atoms with Crippen LogP contribution >= 0.6 is 22.9 Å². The number of benzene rings is 2. The normalized spacial score (nSPS) is 11.0. The van der Waals surface area contributed by atoms with Crippen molar-refractivity contribution >= 4 is 34.5 Å². The summed E-state index contributed by atoms with van der Waals surface area (Å²) in [4.78, 5) is 17.2. The molecule has 0 unspecified atom stereocenters. The van der Waals surface area contributed by atoms with Crippen LogP contribution in [0.5, 0.6) is 0 Å². The topological polar surface area (TPSA) is 59.8 Å². The van der Waals surface area contributed by atoms with Gasteiger partial charge in [0.25, 0.3) is 0 Å². The van der Waals surface area contributed by atoms with E-state index in [0.717, 1.165) is 39.9 Å². The number of aromatic nitrogens is 3. The summed E-state index contributed by atoms with van der Waals surface area (Å²) in [7, 11) is 0. The molecule has 0 aliphatic carbocycles. The van der Waals surface area contributed by atoms with Crippen molar-refractivity contribution in [3.63, 3.8) is 0 Å². The predicted molar refractivity (Wildman–Crippen MR) is 131 cm³/mol. The molecule has 164 valence electrons. The van der Waals surface area contributed by atoms with Crippen molar-refractivity contribution < 1.29 is 4.79 Å². The second-order valence-electron chi connectivity index (χ2n) is 7.98. The number of hydrogen-bond acceptors (Lipinski definition) is 4. The fourth-order valence-electron chi connectivity index (χ4n) is 3.60.